The van der Waals surface area contributed by atoms with Gasteiger partial charge in [0.1, 0.15) is 5.60 Å². The fraction of sp³-hybridized carbons (Fsp3) is 0.696. The zero-order valence-corrected chi connectivity index (χ0v) is 17.6. The summed E-state index contributed by atoms with van der Waals surface area (Å²) in [4.78, 5) is 14.8. The van der Waals surface area contributed by atoms with E-state index in [0.29, 0.717) is 17.9 Å². The van der Waals surface area contributed by atoms with Gasteiger partial charge < -0.3 is 15.0 Å². The van der Waals surface area contributed by atoms with Crippen molar-refractivity contribution in [3.8, 4) is 0 Å². The molecule has 1 aliphatic carbocycles. The SMILES string of the molecule is CC1CC(C)C(CCNC2Cc3ccccc3C2)N(C(=O)OC(C)(C)C)C1. The van der Waals surface area contributed by atoms with Crippen molar-refractivity contribution < 1.29 is 9.53 Å². The molecule has 2 aliphatic rings. The standard InChI is InChI=1S/C23H36N2O2/c1-16-12-17(2)21(25(15-16)22(26)27-23(3,4)5)10-11-24-20-13-18-8-6-7-9-19(18)14-20/h6-9,16-17,20-21,24H,10-15H2,1-5H3. The summed E-state index contributed by atoms with van der Waals surface area (Å²) in [5, 5.41) is 3.74. The minimum atomic E-state index is -0.445. The van der Waals surface area contributed by atoms with Gasteiger partial charge in [0.05, 0.1) is 0 Å². The maximum atomic E-state index is 12.8. The van der Waals surface area contributed by atoms with E-state index in [4.69, 9.17) is 4.74 Å². The summed E-state index contributed by atoms with van der Waals surface area (Å²) in [5.74, 6) is 1.03. The van der Waals surface area contributed by atoms with Gasteiger partial charge in [0.15, 0.2) is 0 Å². The second kappa shape index (κ2) is 8.22. The lowest BCUT2D eigenvalue weighted by Gasteiger charge is -2.43. The number of rotatable bonds is 4. The number of fused-ring (bicyclic) bond motifs is 1. The van der Waals surface area contributed by atoms with E-state index < -0.39 is 5.60 Å². The van der Waals surface area contributed by atoms with E-state index in [2.05, 4.69) is 43.4 Å². The molecule has 1 aromatic carbocycles. The van der Waals surface area contributed by atoms with Gasteiger partial charge in [-0.3, -0.25) is 0 Å². The monoisotopic (exact) mass is 372 g/mol. The minimum Gasteiger partial charge on any atom is -0.444 e. The second-order valence-corrected chi connectivity index (χ2v) is 9.63. The van der Waals surface area contributed by atoms with Gasteiger partial charge in [-0.05, 0) is 76.0 Å². The molecule has 0 radical (unpaired) electrons. The van der Waals surface area contributed by atoms with Gasteiger partial charge in [-0.2, -0.15) is 0 Å². The molecular weight excluding hydrogens is 336 g/mol. The average molecular weight is 373 g/mol. The third-order valence-electron chi connectivity index (χ3n) is 5.89. The molecule has 1 fully saturated rings. The van der Waals surface area contributed by atoms with E-state index in [-0.39, 0.29) is 12.1 Å². The lowest BCUT2D eigenvalue weighted by atomic mass is 9.84. The van der Waals surface area contributed by atoms with E-state index >= 15 is 0 Å². The molecule has 1 aliphatic heterocycles. The van der Waals surface area contributed by atoms with Crippen LogP contribution >= 0.6 is 0 Å². The predicted molar refractivity (Wildman–Crippen MR) is 110 cm³/mol. The van der Waals surface area contributed by atoms with Gasteiger partial charge >= 0.3 is 6.09 Å². The first kappa shape index (κ1) is 20.2. The number of carbonyl (C=O) groups is 1. The first-order chi connectivity index (χ1) is 12.7. The Bertz CT molecular complexity index is 627. The van der Waals surface area contributed by atoms with Crippen LogP contribution in [0.15, 0.2) is 24.3 Å². The molecule has 4 heteroatoms. The van der Waals surface area contributed by atoms with Crippen molar-refractivity contribution in [2.24, 2.45) is 11.8 Å². The summed E-state index contributed by atoms with van der Waals surface area (Å²) in [6.07, 6.45) is 4.24. The van der Waals surface area contributed by atoms with E-state index in [1.807, 2.05) is 25.7 Å². The van der Waals surface area contributed by atoms with Crippen molar-refractivity contribution in [1.29, 1.82) is 0 Å². The van der Waals surface area contributed by atoms with Crippen LogP contribution < -0.4 is 5.32 Å². The number of ether oxygens (including phenoxy) is 1. The third-order valence-corrected chi connectivity index (χ3v) is 5.89. The van der Waals surface area contributed by atoms with Gasteiger partial charge in [-0.1, -0.05) is 38.1 Å². The molecule has 1 aromatic rings. The fourth-order valence-electron chi connectivity index (χ4n) is 4.75. The fourth-order valence-corrected chi connectivity index (χ4v) is 4.75. The molecule has 3 rings (SSSR count). The van der Waals surface area contributed by atoms with Crippen LogP contribution in [0.2, 0.25) is 0 Å². The van der Waals surface area contributed by atoms with Crippen molar-refractivity contribution in [3.63, 3.8) is 0 Å². The molecule has 27 heavy (non-hydrogen) atoms. The Morgan fingerprint density at radius 2 is 1.81 bits per heavy atom. The number of hydrogen-bond acceptors (Lipinski definition) is 3. The number of amides is 1. The zero-order chi connectivity index (χ0) is 19.6. The highest BCUT2D eigenvalue weighted by Gasteiger charge is 2.36. The first-order valence-electron chi connectivity index (χ1n) is 10.5. The molecule has 3 unspecified atom stereocenters. The Morgan fingerprint density at radius 3 is 2.41 bits per heavy atom. The average Bonchev–Trinajstić information content (AvgIpc) is 2.97. The number of carbonyl (C=O) groups excluding carboxylic acids is 1. The Kier molecular flexibility index (Phi) is 6.15. The lowest BCUT2D eigenvalue weighted by Crippen LogP contribution is -2.52. The number of nitrogens with zero attached hydrogens (tertiary/aromatic N) is 1. The Hall–Kier alpha value is -1.55. The van der Waals surface area contributed by atoms with Crippen LogP contribution in [0, 0.1) is 11.8 Å². The van der Waals surface area contributed by atoms with E-state index in [9.17, 15) is 4.79 Å². The van der Waals surface area contributed by atoms with Crippen LogP contribution in [0.4, 0.5) is 4.79 Å². The van der Waals surface area contributed by atoms with Crippen LogP contribution in [0.5, 0.6) is 0 Å². The van der Waals surface area contributed by atoms with Crippen LogP contribution in [-0.2, 0) is 17.6 Å². The smallest absolute Gasteiger partial charge is 0.410 e. The molecule has 3 atom stereocenters. The van der Waals surface area contributed by atoms with Crippen LogP contribution in [0.25, 0.3) is 0 Å². The Labute approximate surface area is 164 Å². The summed E-state index contributed by atoms with van der Waals surface area (Å²) in [6.45, 7) is 12.1. The second-order valence-electron chi connectivity index (χ2n) is 9.63. The maximum Gasteiger partial charge on any atom is 0.410 e. The summed E-state index contributed by atoms with van der Waals surface area (Å²) >= 11 is 0. The molecule has 0 spiro atoms. The van der Waals surface area contributed by atoms with E-state index in [1.165, 1.54) is 17.5 Å². The van der Waals surface area contributed by atoms with Crippen molar-refractivity contribution in [3.05, 3.63) is 35.4 Å². The number of piperidine rings is 1. The first-order valence-corrected chi connectivity index (χ1v) is 10.5. The van der Waals surface area contributed by atoms with Gasteiger partial charge in [-0.25, -0.2) is 4.79 Å². The summed E-state index contributed by atoms with van der Waals surface area (Å²) in [6, 6.07) is 9.52. The zero-order valence-electron chi connectivity index (χ0n) is 17.6. The summed E-state index contributed by atoms with van der Waals surface area (Å²) in [7, 11) is 0. The normalized spacial score (nSPS) is 26.1. The number of benzene rings is 1. The number of nitrogens with one attached hydrogen (secondary N) is 1. The summed E-state index contributed by atoms with van der Waals surface area (Å²) < 4.78 is 5.69. The Morgan fingerprint density at radius 1 is 1.19 bits per heavy atom. The number of likely N-dealkylation sites (tertiary alicyclic amines) is 1. The van der Waals surface area contributed by atoms with Crippen LogP contribution in [-0.4, -0.2) is 41.8 Å². The third kappa shape index (κ3) is 5.25. The quantitative estimate of drug-likeness (QED) is 0.851. The molecule has 1 saturated heterocycles. The van der Waals surface area contributed by atoms with Crippen molar-refractivity contribution in [2.45, 2.75) is 78.0 Å². The minimum absolute atomic E-state index is 0.154. The van der Waals surface area contributed by atoms with Gasteiger partial charge in [-0.15, -0.1) is 0 Å². The molecule has 1 heterocycles. The van der Waals surface area contributed by atoms with E-state index in [1.54, 1.807) is 0 Å². The van der Waals surface area contributed by atoms with Gasteiger partial charge in [0, 0.05) is 18.6 Å². The van der Waals surface area contributed by atoms with Crippen LogP contribution in [0.3, 0.4) is 0 Å². The molecule has 0 aromatic heterocycles. The Balaban J connectivity index is 1.55. The topological polar surface area (TPSA) is 41.6 Å². The van der Waals surface area contributed by atoms with E-state index in [0.717, 1.165) is 32.4 Å². The largest absolute Gasteiger partial charge is 0.444 e. The molecule has 4 nitrogen and oxygen atoms in total. The van der Waals surface area contributed by atoms with Crippen molar-refractivity contribution in [1.82, 2.24) is 10.2 Å². The van der Waals surface area contributed by atoms with Gasteiger partial charge in [0.2, 0.25) is 0 Å². The summed E-state index contributed by atoms with van der Waals surface area (Å²) in [5.41, 5.74) is 2.51. The molecule has 0 bridgehead atoms. The molecule has 1 N–H and O–H groups in total. The molecular formula is C23H36N2O2. The maximum absolute atomic E-state index is 12.8. The lowest BCUT2D eigenvalue weighted by molar-refractivity contribution is -0.00787. The highest BCUT2D eigenvalue weighted by atomic mass is 16.6. The molecule has 1 amide bonds. The number of hydrogen-bond donors (Lipinski definition) is 1. The highest BCUT2D eigenvalue weighted by molar-refractivity contribution is 5.68. The van der Waals surface area contributed by atoms with Crippen molar-refractivity contribution in [2.75, 3.05) is 13.1 Å². The van der Waals surface area contributed by atoms with Gasteiger partial charge in [0.25, 0.3) is 0 Å². The molecule has 0 saturated carbocycles. The molecule has 150 valence electrons. The van der Waals surface area contributed by atoms with Crippen LogP contribution in [0.1, 0.15) is 58.6 Å². The highest BCUT2D eigenvalue weighted by Crippen LogP contribution is 2.30. The predicted octanol–water partition coefficient (Wildman–Crippen LogP) is 4.42. The van der Waals surface area contributed by atoms with Crippen molar-refractivity contribution >= 4 is 6.09 Å².